The zero-order chi connectivity index (χ0) is 16.0. The topological polar surface area (TPSA) is 64.3 Å². The van der Waals surface area contributed by atoms with E-state index in [-0.39, 0.29) is 18.0 Å². The third kappa shape index (κ3) is 5.56. The molecule has 0 aliphatic rings. The number of rotatable bonds is 7. The molecular weight excluding hydrogens is 288 g/mol. The van der Waals surface area contributed by atoms with Crippen molar-refractivity contribution in [2.75, 3.05) is 0 Å². The van der Waals surface area contributed by atoms with Gasteiger partial charge in [0.05, 0.1) is 0 Å². The lowest BCUT2D eigenvalue weighted by atomic mass is 10.0. The highest BCUT2D eigenvalue weighted by molar-refractivity contribution is 6.31. The number of carbonyl (C=O) groups is 1. The Morgan fingerprint density at radius 3 is 2.62 bits per heavy atom. The van der Waals surface area contributed by atoms with Crippen LogP contribution in [0.2, 0.25) is 5.02 Å². The summed E-state index contributed by atoms with van der Waals surface area (Å²) in [6.07, 6.45) is 0.903. The standard InChI is InChI=1S/C16H25ClN2O2/c1-5-12(18)9-13-14(17)7-6-8-15(13)21-11(4)16(20)19-10(2)3/h6-8,10-12H,5,9,18H2,1-4H3,(H,19,20). The van der Waals surface area contributed by atoms with E-state index in [2.05, 4.69) is 5.32 Å². The molecule has 1 aromatic rings. The Kier molecular flexibility index (Phi) is 6.99. The molecule has 0 spiro atoms. The van der Waals surface area contributed by atoms with Crippen molar-refractivity contribution in [1.29, 1.82) is 0 Å². The normalized spacial score (nSPS) is 13.9. The molecule has 1 aromatic carbocycles. The van der Waals surface area contributed by atoms with Gasteiger partial charge in [-0.15, -0.1) is 0 Å². The van der Waals surface area contributed by atoms with Gasteiger partial charge < -0.3 is 15.8 Å². The Labute approximate surface area is 132 Å². The van der Waals surface area contributed by atoms with Gasteiger partial charge in [0, 0.05) is 22.7 Å². The SMILES string of the molecule is CCC(N)Cc1c(Cl)cccc1OC(C)C(=O)NC(C)C. The van der Waals surface area contributed by atoms with Crippen molar-refractivity contribution in [2.45, 2.75) is 58.7 Å². The fraction of sp³-hybridized carbons (Fsp3) is 0.562. The molecule has 0 aliphatic carbocycles. The van der Waals surface area contributed by atoms with Crippen molar-refractivity contribution in [3.05, 3.63) is 28.8 Å². The minimum Gasteiger partial charge on any atom is -0.481 e. The van der Waals surface area contributed by atoms with E-state index in [0.717, 1.165) is 12.0 Å². The van der Waals surface area contributed by atoms with E-state index in [1.165, 1.54) is 0 Å². The van der Waals surface area contributed by atoms with Crippen molar-refractivity contribution in [2.24, 2.45) is 5.73 Å². The van der Waals surface area contributed by atoms with Crippen LogP contribution in [-0.2, 0) is 11.2 Å². The van der Waals surface area contributed by atoms with Crippen molar-refractivity contribution in [3.8, 4) is 5.75 Å². The summed E-state index contributed by atoms with van der Waals surface area (Å²) in [5, 5.41) is 3.45. The van der Waals surface area contributed by atoms with E-state index >= 15 is 0 Å². The van der Waals surface area contributed by atoms with Crippen LogP contribution in [0.1, 0.15) is 39.7 Å². The monoisotopic (exact) mass is 312 g/mol. The van der Waals surface area contributed by atoms with Crippen LogP contribution in [0.4, 0.5) is 0 Å². The number of hydrogen-bond donors (Lipinski definition) is 2. The first-order valence-electron chi connectivity index (χ1n) is 7.35. The number of nitrogens with one attached hydrogen (secondary N) is 1. The van der Waals surface area contributed by atoms with Gasteiger partial charge >= 0.3 is 0 Å². The van der Waals surface area contributed by atoms with Crippen LogP contribution in [-0.4, -0.2) is 24.1 Å². The molecule has 118 valence electrons. The van der Waals surface area contributed by atoms with Gasteiger partial charge in [0.2, 0.25) is 0 Å². The summed E-state index contributed by atoms with van der Waals surface area (Å²) in [4.78, 5) is 11.9. The lowest BCUT2D eigenvalue weighted by Crippen LogP contribution is -2.40. The molecule has 0 saturated heterocycles. The average molecular weight is 313 g/mol. The first-order chi connectivity index (χ1) is 9.85. The highest BCUT2D eigenvalue weighted by Gasteiger charge is 2.19. The van der Waals surface area contributed by atoms with Gasteiger partial charge in [0.15, 0.2) is 6.10 Å². The van der Waals surface area contributed by atoms with Crippen molar-refractivity contribution >= 4 is 17.5 Å². The second kappa shape index (κ2) is 8.25. The Morgan fingerprint density at radius 2 is 2.05 bits per heavy atom. The molecule has 2 atom stereocenters. The fourth-order valence-electron chi connectivity index (χ4n) is 1.90. The first kappa shape index (κ1) is 17.8. The van der Waals surface area contributed by atoms with Gasteiger partial charge in [-0.1, -0.05) is 24.6 Å². The minimum absolute atomic E-state index is 0.0204. The Balaban J connectivity index is 2.87. The molecule has 0 heterocycles. The van der Waals surface area contributed by atoms with E-state index in [9.17, 15) is 4.79 Å². The molecule has 21 heavy (non-hydrogen) atoms. The van der Waals surface area contributed by atoms with Crippen LogP contribution in [0, 0.1) is 0 Å². The third-order valence-electron chi connectivity index (χ3n) is 3.17. The summed E-state index contributed by atoms with van der Waals surface area (Å²) in [6, 6.07) is 5.54. The van der Waals surface area contributed by atoms with E-state index < -0.39 is 6.10 Å². The molecule has 1 amide bonds. The molecule has 3 N–H and O–H groups in total. The smallest absolute Gasteiger partial charge is 0.260 e. The lowest BCUT2D eigenvalue weighted by molar-refractivity contribution is -0.127. The molecule has 0 radical (unpaired) electrons. The number of ether oxygens (including phenoxy) is 1. The van der Waals surface area contributed by atoms with E-state index in [1.807, 2.05) is 39.0 Å². The quantitative estimate of drug-likeness (QED) is 0.813. The number of halogens is 1. The van der Waals surface area contributed by atoms with Crippen LogP contribution in [0.25, 0.3) is 0 Å². The number of nitrogens with two attached hydrogens (primary N) is 1. The average Bonchev–Trinajstić information content (AvgIpc) is 2.41. The fourth-order valence-corrected chi connectivity index (χ4v) is 2.14. The predicted molar refractivity (Wildman–Crippen MR) is 86.8 cm³/mol. The molecule has 4 nitrogen and oxygen atoms in total. The Morgan fingerprint density at radius 1 is 1.38 bits per heavy atom. The van der Waals surface area contributed by atoms with Crippen LogP contribution in [0.3, 0.4) is 0 Å². The van der Waals surface area contributed by atoms with Crippen molar-refractivity contribution in [3.63, 3.8) is 0 Å². The van der Waals surface area contributed by atoms with Gasteiger partial charge in [0.1, 0.15) is 5.75 Å². The van der Waals surface area contributed by atoms with E-state index in [0.29, 0.717) is 17.2 Å². The number of carbonyl (C=O) groups excluding carboxylic acids is 1. The van der Waals surface area contributed by atoms with Crippen LogP contribution < -0.4 is 15.8 Å². The zero-order valence-corrected chi connectivity index (χ0v) is 13.9. The second-order valence-electron chi connectivity index (χ2n) is 5.51. The molecule has 0 aliphatic heterocycles. The van der Waals surface area contributed by atoms with Crippen LogP contribution >= 0.6 is 11.6 Å². The summed E-state index contributed by atoms with van der Waals surface area (Å²) in [7, 11) is 0. The van der Waals surface area contributed by atoms with Gasteiger partial charge in [-0.3, -0.25) is 4.79 Å². The summed E-state index contributed by atoms with van der Waals surface area (Å²) in [5.74, 6) is 0.480. The van der Waals surface area contributed by atoms with Gasteiger partial charge in [0.25, 0.3) is 5.91 Å². The van der Waals surface area contributed by atoms with Gasteiger partial charge in [-0.2, -0.15) is 0 Å². The summed E-state index contributed by atoms with van der Waals surface area (Å²) in [6.45, 7) is 7.58. The van der Waals surface area contributed by atoms with Crippen LogP contribution in [0.5, 0.6) is 5.75 Å². The van der Waals surface area contributed by atoms with E-state index in [4.69, 9.17) is 22.1 Å². The summed E-state index contributed by atoms with van der Waals surface area (Å²) in [5.41, 5.74) is 6.86. The van der Waals surface area contributed by atoms with E-state index in [1.54, 1.807) is 6.92 Å². The van der Waals surface area contributed by atoms with Gasteiger partial charge in [-0.25, -0.2) is 0 Å². The maximum absolute atomic E-state index is 11.9. The Hall–Kier alpha value is -1.26. The van der Waals surface area contributed by atoms with Crippen LogP contribution in [0.15, 0.2) is 18.2 Å². The highest BCUT2D eigenvalue weighted by Crippen LogP contribution is 2.28. The van der Waals surface area contributed by atoms with Gasteiger partial charge in [-0.05, 0) is 45.7 Å². The lowest BCUT2D eigenvalue weighted by Gasteiger charge is -2.20. The molecule has 0 bridgehead atoms. The molecule has 2 unspecified atom stereocenters. The number of hydrogen-bond acceptors (Lipinski definition) is 3. The summed E-state index contributed by atoms with van der Waals surface area (Å²) >= 11 is 6.24. The third-order valence-corrected chi connectivity index (χ3v) is 3.52. The number of amides is 1. The van der Waals surface area contributed by atoms with Crippen molar-refractivity contribution < 1.29 is 9.53 Å². The molecule has 0 saturated carbocycles. The first-order valence-corrected chi connectivity index (χ1v) is 7.72. The largest absolute Gasteiger partial charge is 0.481 e. The Bertz CT molecular complexity index is 477. The molecular formula is C16H25ClN2O2. The second-order valence-corrected chi connectivity index (χ2v) is 5.92. The van der Waals surface area contributed by atoms with Crippen molar-refractivity contribution in [1.82, 2.24) is 5.32 Å². The zero-order valence-electron chi connectivity index (χ0n) is 13.2. The number of benzene rings is 1. The maximum Gasteiger partial charge on any atom is 0.260 e. The predicted octanol–water partition coefficient (Wildman–Crippen LogP) is 2.91. The molecule has 1 rings (SSSR count). The maximum atomic E-state index is 11.9. The molecule has 5 heteroatoms. The molecule has 0 fully saturated rings. The molecule has 0 aromatic heterocycles. The minimum atomic E-state index is -0.581. The summed E-state index contributed by atoms with van der Waals surface area (Å²) < 4.78 is 5.78. The highest BCUT2D eigenvalue weighted by atomic mass is 35.5.